The van der Waals surface area contributed by atoms with Gasteiger partial charge in [-0.25, -0.2) is 0 Å². The smallest absolute Gasteiger partial charge is 0.260 e. The molecule has 0 aromatic heterocycles. The molecule has 5 nitrogen and oxygen atoms in total. The standard InChI is InChI=1S/C22H34N2O3/c1-6-18(7-2)22(26)23-19-10-12-24(13-11-19)20(25)14-27-21-16(4)9-8-15(3)17(21)5/h8-9,18-19H,6-7,10-14H2,1-5H3,(H,23,26). The maximum atomic E-state index is 12.5. The van der Waals surface area contributed by atoms with E-state index in [1.54, 1.807) is 0 Å². The first kappa shape index (κ1) is 21.3. The Hall–Kier alpha value is -2.04. The Bertz CT molecular complexity index is 660. The number of rotatable bonds is 7. The number of nitrogens with one attached hydrogen (secondary N) is 1. The summed E-state index contributed by atoms with van der Waals surface area (Å²) in [5, 5.41) is 3.15. The highest BCUT2D eigenvalue weighted by Gasteiger charge is 2.25. The van der Waals surface area contributed by atoms with Crippen LogP contribution < -0.4 is 10.1 Å². The van der Waals surface area contributed by atoms with Gasteiger partial charge in [-0.2, -0.15) is 0 Å². The number of nitrogens with zero attached hydrogens (tertiary/aromatic N) is 1. The van der Waals surface area contributed by atoms with Crippen molar-refractivity contribution in [2.75, 3.05) is 19.7 Å². The minimum atomic E-state index is 0.0140. The van der Waals surface area contributed by atoms with E-state index in [0.717, 1.165) is 48.1 Å². The molecule has 2 amide bonds. The fourth-order valence-corrected chi connectivity index (χ4v) is 3.62. The van der Waals surface area contributed by atoms with E-state index in [2.05, 4.69) is 11.4 Å². The van der Waals surface area contributed by atoms with Crippen LogP contribution in [0.5, 0.6) is 5.75 Å². The van der Waals surface area contributed by atoms with Crippen LogP contribution in [-0.4, -0.2) is 42.5 Å². The first-order valence-electron chi connectivity index (χ1n) is 10.1. The number of amides is 2. The van der Waals surface area contributed by atoms with Gasteiger partial charge in [0.2, 0.25) is 5.91 Å². The number of aryl methyl sites for hydroxylation is 2. The summed E-state index contributed by atoms with van der Waals surface area (Å²) in [6, 6.07) is 4.26. The van der Waals surface area contributed by atoms with Crippen molar-refractivity contribution in [2.24, 2.45) is 5.92 Å². The van der Waals surface area contributed by atoms with Crippen molar-refractivity contribution in [2.45, 2.75) is 66.3 Å². The van der Waals surface area contributed by atoms with Crippen LogP contribution in [0, 0.1) is 26.7 Å². The zero-order valence-electron chi connectivity index (χ0n) is 17.4. The van der Waals surface area contributed by atoms with Crippen LogP contribution in [-0.2, 0) is 9.59 Å². The Kier molecular flexibility index (Phi) is 7.69. The molecule has 2 rings (SSSR count). The summed E-state index contributed by atoms with van der Waals surface area (Å²) in [6.07, 6.45) is 3.35. The van der Waals surface area contributed by atoms with Gasteiger partial charge in [-0.05, 0) is 63.1 Å². The van der Waals surface area contributed by atoms with E-state index in [9.17, 15) is 9.59 Å². The van der Waals surface area contributed by atoms with Crippen molar-refractivity contribution in [3.63, 3.8) is 0 Å². The summed E-state index contributed by atoms with van der Waals surface area (Å²) < 4.78 is 5.85. The van der Waals surface area contributed by atoms with Crippen molar-refractivity contribution < 1.29 is 14.3 Å². The van der Waals surface area contributed by atoms with E-state index >= 15 is 0 Å². The first-order chi connectivity index (χ1) is 12.9. The lowest BCUT2D eigenvalue weighted by molar-refractivity contribution is -0.134. The van der Waals surface area contributed by atoms with E-state index in [-0.39, 0.29) is 30.4 Å². The predicted molar refractivity (Wildman–Crippen MR) is 108 cm³/mol. The highest BCUT2D eigenvalue weighted by atomic mass is 16.5. The molecule has 5 heteroatoms. The Morgan fingerprint density at radius 1 is 1.11 bits per heavy atom. The molecule has 0 spiro atoms. The van der Waals surface area contributed by atoms with Crippen molar-refractivity contribution in [3.8, 4) is 5.75 Å². The highest BCUT2D eigenvalue weighted by Crippen LogP contribution is 2.25. The molecule has 0 aliphatic carbocycles. The second-order valence-corrected chi connectivity index (χ2v) is 7.62. The zero-order chi connectivity index (χ0) is 20.0. The quantitative estimate of drug-likeness (QED) is 0.794. The van der Waals surface area contributed by atoms with Gasteiger partial charge in [0, 0.05) is 25.0 Å². The molecule has 0 atom stereocenters. The van der Waals surface area contributed by atoms with Gasteiger partial charge in [-0.15, -0.1) is 0 Å². The van der Waals surface area contributed by atoms with E-state index in [0.29, 0.717) is 13.1 Å². The van der Waals surface area contributed by atoms with Crippen LogP contribution in [0.4, 0.5) is 0 Å². The summed E-state index contributed by atoms with van der Waals surface area (Å²) in [4.78, 5) is 26.6. The van der Waals surface area contributed by atoms with Gasteiger partial charge in [0.05, 0.1) is 0 Å². The fraction of sp³-hybridized carbons (Fsp3) is 0.636. The van der Waals surface area contributed by atoms with Gasteiger partial charge in [0.25, 0.3) is 5.91 Å². The summed E-state index contributed by atoms with van der Waals surface area (Å²) in [7, 11) is 0. The zero-order valence-corrected chi connectivity index (χ0v) is 17.4. The van der Waals surface area contributed by atoms with E-state index < -0.39 is 0 Å². The van der Waals surface area contributed by atoms with Gasteiger partial charge in [0.15, 0.2) is 6.61 Å². The van der Waals surface area contributed by atoms with Gasteiger partial charge < -0.3 is 15.0 Å². The van der Waals surface area contributed by atoms with E-state index in [1.165, 1.54) is 0 Å². The molecule has 1 aromatic rings. The van der Waals surface area contributed by atoms with Crippen molar-refractivity contribution in [3.05, 3.63) is 28.8 Å². The van der Waals surface area contributed by atoms with Gasteiger partial charge in [0.1, 0.15) is 5.75 Å². The Balaban J connectivity index is 1.82. The van der Waals surface area contributed by atoms with Crippen molar-refractivity contribution in [1.82, 2.24) is 10.2 Å². The number of benzene rings is 1. The average Bonchev–Trinajstić information content (AvgIpc) is 2.66. The molecule has 0 bridgehead atoms. The number of carbonyl (C=O) groups is 2. The molecular formula is C22H34N2O3. The summed E-state index contributed by atoms with van der Waals surface area (Å²) in [5.74, 6) is 1.08. The number of likely N-dealkylation sites (tertiary alicyclic amines) is 1. The normalized spacial score (nSPS) is 15.1. The van der Waals surface area contributed by atoms with Crippen LogP contribution in [0.2, 0.25) is 0 Å². The van der Waals surface area contributed by atoms with E-state index in [1.807, 2.05) is 45.6 Å². The van der Waals surface area contributed by atoms with Crippen molar-refractivity contribution in [1.29, 1.82) is 0 Å². The summed E-state index contributed by atoms with van der Waals surface area (Å²) in [5.41, 5.74) is 3.30. The molecule has 27 heavy (non-hydrogen) atoms. The topological polar surface area (TPSA) is 58.6 Å². The molecular weight excluding hydrogens is 340 g/mol. The summed E-state index contributed by atoms with van der Waals surface area (Å²) in [6.45, 7) is 11.6. The summed E-state index contributed by atoms with van der Waals surface area (Å²) >= 11 is 0. The number of hydrogen-bond acceptors (Lipinski definition) is 3. The maximum absolute atomic E-state index is 12.5. The van der Waals surface area contributed by atoms with Gasteiger partial charge in [-0.3, -0.25) is 9.59 Å². The molecule has 1 saturated heterocycles. The molecule has 1 aliphatic heterocycles. The average molecular weight is 375 g/mol. The Labute approximate surface area is 163 Å². The Morgan fingerprint density at radius 3 is 2.30 bits per heavy atom. The highest BCUT2D eigenvalue weighted by molar-refractivity contribution is 5.79. The van der Waals surface area contributed by atoms with Crippen molar-refractivity contribution >= 4 is 11.8 Å². The number of carbonyl (C=O) groups excluding carboxylic acids is 2. The lowest BCUT2D eigenvalue weighted by Gasteiger charge is -2.33. The third-order valence-electron chi connectivity index (χ3n) is 5.76. The maximum Gasteiger partial charge on any atom is 0.260 e. The molecule has 0 radical (unpaired) electrons. The molecule has 1 heterocycles. The third-order valence-corrected chi connectivity index (χ3v) is 5.76. The fourth-order valence-electron chi connectivity index (χ4n) is 3.62. The predicted octanol–water partition coefficient (Wildman–Crippen LogP) is 3.53. The van der Waals surface area contributed by atoms with Crippen LogP contribution >= 0.6 is 0 Å². The molecule has 1 aliphatic rings. The lowest BCUT2D eigenvalue weighted by Crippen LogP contribution is -2.48. The second kappa shape index (κ2) is 9.77. The minimum absolute atomic E-state index is 0.0140. The van der Waals surface area contributed by atoms with Gasteiger partial charge in [-0.1, -0.05) is 26.0 Å². The van der Waals surface area contributed by atoms with Crippen LogP contribution in [0.1, 0.15) is 56.2 Å². The molecule has 1 fully saturated rings. The van der Waals surface area contributed by atoms with Gasteiger partial charge >= 0.3 is 0 Å². The van der Waals surface area contributed by atoms with Crippen LogP contribution in [0.25, 0.3) is 0 Å². The minimum Gasteiger partial charge on any atom is -0.483 e. The van der Waals surface area contributed by atoms with E-state index in [4.69, 9.17) is 4.74 Å². The number of ether oxygens (including phenoxy) is 1. The SMILES string of the molecule is CCC(CC)C(=O)NC1CCN(C(=O)COc2c(C)ccc(C)c2C)CC1. The lowest BCUT2D eigenvalue weighted by atomic mass is 9.99. The monoisotopic (exact) mass is 374 g/mol. The number of hydrogen-bond donors (Lipinski definition) is 1. The molecule has 0 unspecified atom stereocenters. The largest absolute Gasteiger partial charge is 0.483 e. The Morgan fingerprint density at radius 2 is 1.70 bits per heavy atom. The van der Waals surface area contributed by atoms with Crippen LogP contribution in [0.3, 0.4) is 0 Å². The van der Waals surface area contributed by atoms with Crippen LogP contribution in [0.15, 0.2) is 12.1 Å². The molecule has 1 N–H and O–H groups in total. The molecule has 1 aromatic carbocycles. The second-order valence-electron chi connectivity index (χ2n) is 7.62. The molecule has 0 saturated carbocycles. The molecule has 150 valence electrons. The first-order valence-corrected chi connectivity index (χ1v) is 10.1. The third kappa shape index (κ3) is 5.47. The number of piperidine rings is 1.